The van der Waals surface area contributed by atoms with Gasteiger partial charge in [0.1, 0.15) is 70.8 Å². The van der Waals surface area contributed by atoms with E-state index in [-0.39, 0.29) is 73.1 Å². The van der Waals surface area contributed by atoms with Crippen molar-refractivity contribution in [1.82, 2.24) is 0 Å². The van der Waals surface area contributed by atoms with E-state index < -0.39 is 203 Å². The Balaban J connectivity index is 1.01. The van der Waals surface area contributed by atoms with Crippen molar-refractivity contribution in [2.24, 2.45) is 51.1 Å². The largest absolute Gasteiger partial charge is 0.507 e. The monoisotopic (exact) mass is 1570 g/mol. The zero-order valence-electron chi connectivity index (χ0n) is 51.3. The summed E-state index contributed by atoms with van der Waals surface area (Å²) in [6, 6.07) is 16.6. The maximum absolute atomic E-state index is 13.1. The number of carboxylic acid groups (broad SMARTS) is 1. The molecule has 10 rings (SSSR count). The quantitative estimate of drug-likeness (QED) is 0.0130. The van der Waals surface area contributed by atoms with Gasteiger partial charge in [0.15, 0.2) is 17.2 Å². The molecule has 40 nitrogen and oxygen atoms in total. The summed E-state index contributed by atoms with van der Waals surface area (Å²) in [5.41, 5.74) is -0.384. The van der Waals surface area contributed by atoms with Crippen LogP contribution in [0.1, 0.15) is 22.3 Å². The second-order valence-electron chi connectivity index (χ2n) is 21.7. The van der Waals surface area contributed by atoms with E-state index in [1.54, 1.807) is 0 Å². The number of aryl methyl sites for hydroxylation is 1. The van der Waals surface area contributed by atoms with Gasteiger partial charge in [-0.2, -0.15) is 79.4 Å². The molecule has 0 amide bonds. The van der Waals surface area contributed by atoms with Crippen molar-refractivity contribution in [3.63, 3.8) is 0 Å². The van der Waals surface area contributed by atoms with E-state index in [1.807, 2.05) is 0 Å². The van der Waals surface area contributed by atoms with E-state index >= 15 is 0 Å². The van der Waals surface area contributed by atoms with Crippen molar-refractivity contribution < 1.29 is 131 Å². The Morgan fingerprint density at radius 3 is 1.46 bits per heavy atom. The maximum Gasteiger partial charge on any atom is 0.339 e. The number of anilines is 1. The Morgan fingerprint density at radius 2 is 0.894 bits per heavy atom. The lowest BCUT2D eigenvalue weighted by Crippen LogP contribution is -2.08. The van der Waals surface area contributed by atoms with Crippen molar-refractivity contribution in [1.29, 1.82) is 0 Å². The number of nitrogens with two attached hydrogens (primary N) is 1. The van der Waals surface area contributed by atoms with E-state index in [0.29, 0.717) is 24.3 Å². The number of hydrogen-bond acceptors (Lipinski definition) is 32. The molecule has 0 saturated heterocycles. The molecule has 0 aliphatic carbocycles. The minimum atomic E-state index is -5.54. The van der Waals surface area contributed by atoms with E-state index in [0.717, 1.165) is 78.9 Å². The van der Waals surface area contributed by atoms with E-state index in [4.69, 9.17) is 10.5 Å². The zero-order valence-corrected chi connectivity index (χ0v) is 57.1. The number of carboxylic acids is 1. The number of carbonyl (C=O) groups is 1. The van der Waals surface area contributed by atoms with Crippen molar-refractivity contribution in [2.45, 2.75) is 42.7 Å². The Hall–Kier alpha value is -11.3. The second-order valence-corrected chi connectivity index (χ2v) is 31.7. The first-order chi connectivity index (χ1) is 48.2. The van der Waals surface area contributed by atoms with Crippen LogP contribution in [0.15, 0.2) is 196 Å². The topological polar surface area (TPSA) is 678 Å². The fourth-order valence-electron chi connectivity index (χ4n) is 9.96. The fraction of sp³-hybridized carbons (Fsp3) is 0.0702. The number of hydrogen-bond donors (Lipinski definition) is 14. The average molecular weight is 1570 g/mol. The molecule has 104 heavy (non-hydrogen) atoms. The second kappa shape index (κ2) is 27.5. The highest BCUT2D eigenvalue weighted by atomic mass is 32.2. The van der Waals surface area contributed by atoms with Crippen LogP contribution in [0.4, 0.5) is 62.6 Å². The summed E-state index contributed by atoms with van der Waals surface area (Å²) in [5, 5.41) is 100. The van der Waals surface area contributed by atoms with Crippen LogP contribution in [0, 0.1) is 6.92 Å². The van der Waals surface area contributed by atoms with Crippen LogP contribution in [0.25, 0.3) is 43.1 Å². The van der Waals surface area contributed by atoms with Gasteiger partial charge in [0.2, 0.25) is 0 Å². The number of aromatic carboxylic acids is 1. The molecule has 0 aromatic heterocycles. The highest BCUT2D eigenvalue weighted by molar-refractivity contribution is 7.87. The number of fused-ring (bicyclic) bond motifs is 4. The third-order valence-electron chi connectivity index (χ3n) is 14.7. The molecule has 10 aromatic carbocycles. The molecular formula is C57H43N11O29S7. The Bertz CT molecular complexity index is 6460. The first-order valence-electron chi connectivity index (χ1n) is 27.9. The molecule has 47 heteroatoms. The average Bonchev–Trinajstić information content (AvgIpc) is 0.758. The lowest BCUT2D eigenvalue weighted by Gasteiger charge is -2.13. The van der Waals surface area contributed by atoms with Crippen LogP contribution in [0.5, 0.6) is 34.5 Å². The van der Waals surface area contributed by atoms with Gasteiger partial charge < -0.3 is 41.1 Å². The Kier molecular flexibility index (Phi) is 19.9. The summed E-state index contributed by atoms with van der Waals surface area (Å²) >= 11 is 0. The molecule has 0 fully saturated rings. The van der Waals surface area contributed by atoms with Gasteiger partial charge in [-0.1, -0.05) is 0 Å². The number of ether oxygens (including phenoxy) is 1. The van der Waals surface area contributed by atoms with E-state index in [1.165, 1.54) is 19.1 Å². The molecule has 542 valence electrons. The van der Waals surface area contributed by atoms with Crippen LogP contribution in [-0.2, 0) is 70.8 Å². The summed E-state index contributed by atoms with van der Waals surface area (Å²) < 4.78 is 251. The number of azo groups is 5. The molecule has 0 unspecified atom stereocenters. The SMILES string of the molecule is Cc1cc(N=Nc2c(S(=O)(=O)O)cc3cc(N=Nc4c(N)ccc5c(O)c(N=Nc6cc(S(=O)(=O)O)c7cc(S(=O)(=O)O)c(N=Nc8ccc(C(=O)O)c(O)c8)c(O)c7c6)c(S(=O)(=O)O)cc45)ccc3c2O)c(OCCCS(=O)(=O)O)cc1N=Nc1cc(S(=O)(=O)O)cc2cc(S(=O)(=O)O)cc(O)c12. The van der Waals surface area contributed by atoms with Crippen molar-refractivity contribution in [3.05, 3.63) is 126 Å². The summed E-state index contributed by atoms with van der Waals surface area (Å²) in [6.07, 6.45) is -0.370. The first-order valence-corrected chi connectivity index (χ1v) is 38.2. The van der Waals surface area contributed by atoms with Gasteiger partial charge in [-0.05, 0) is 127 Å². The fourth-order valence-corrected chi connectivity index (χ4v) is 14.2. The minimum Gasteiger partial charge on any atom is -0.507 e. The summed E-state index contributed by atoms with van der Waals surface area (Å²) in [7, 11) is -36.5. The van der Waals surface area contributed by atoms with Crippen LogP contribution in [0.2, 0.25) is 0 Å². The molecule has 15 N–H and O–H groups in total. The minimum absolute atomic E-state index is 0.0940. The summed E-state index contributed by atoms with van der Waals surface area (Å²) in [6.45, 7) is 0.875. The number of aromatic hydroxyl groups is 5. The molecule has 0 spiro atoms. The molecule has 0 atom stereocenters. The number of benzene rings is 10. The molecule has 0 aliphatic heterocycles. The van der Waals surface area contributed by atoms with Gasteiger partial charge >= 0.3 is 5.97 Å². The first kappa shape index (κ1) is 75.3. The maximum atomic E-state index is 13.1. The van der Waals surface area contributed by atoms with Crippen molar-refractivity contribution in [3.8, 4) is 34.5 Å². The highest BCUT2D eigenvalue weighted by Crippen LogP contribution is 2.50. The molecule has 0 bridgehead atoms. The van der Waals surface area contributed by atoms with Gasteiger partial charge in [0, 0.05) is 45.1 Å². The van der Waals surface area contributed by atoms with Crippen LogP contribution in [-0.4, -0.2) is 140 Å². The molecular weight excluding hydrogens is 1530 g/mol. The van der Waals surface area contributed by atoms with Gasteiger partial charge in [0.25, 0.3) is 70.8 Å². The number of phenolic OH excluding ortho intramolecular Hbond substituents is 4. The summed E-state index contributed by atoms with van der Waals surface area (Å²) in [4.78, 5) is 4.74. The van der Waals surface area contributed by atoms with Crippen LogP contribution >= 0.6 is 0 Å². The lowest BCUT2D eigenvalue weighted by molar-refractivity contribution is 0.0693. The van der Waals surface area contributed by atoms with E-state index in [9.17, 15) is 126 Å². The number of rotatable bonds is 22. The third kappa shape index (κ3) is 16.1. The summed E-state index contributed by atoms with van der Waals surface area (Å²) in [5.74, 6) is -7.79. The predicted octanol–water partition coefficient (Wildman–Crippen LogP) is 11.6. The number of nitrogens with zero attached hydrogens (tertiary/aromatic N) is 10. The van der Waals surface area contributed by atoms with Gasteiger partial charge in [0.05, 0.1) is 61.7 Å². The molecule has 0 aliphatic rings. The standard InChI is InChI=1S/C57H43N11O29S7/c1-24-11-40(44(97-9-2-10-98(76,77)78)23-39(24)62-64-41-19-30(99(79,80)81)13-26-14-31(100(82,83)84)20-43(70)49(26)41)63-68-51-46(102(88,89)90)15-25-12-27(3-5-32(25)54(51)71)59-65-50-36-22-48(104(94,95)96)52(55(72)33(36)7-8-38(50)58)67-61-29-16-37-35(45(18-29)101(85,86)87)21-47(103(91,92)93)53(56(37)73)66-60-28-4-6-34(57(74)75)42(69)17-28/h3-8,11-23,69-73H,2,9-10,58H2,1H3,(H,74,75)(H,76,77,78)(H,79,80,81)(H,82,83,84)(H,85,86,87)(H,88,89,90)(H,91,92,93)(H,94,95,96). The highest BCUT2D eigenvalue weighted by Gasteiger charge is 2.30. The van der Waals surface area contributed by atoms with Crippen LogP contribution < -0.4 is 10.5 Å². The number of phenols is 5. The third-order valence-corrected chi connectivity index (χ3v) is 20.6. The van der Waals surface area contributed by atoms with Gasteiger partial charge in [-0.15, -0.1) is 30.7 Å². The zero-order chi connectivity index (χ0) is 76.5. The van der Waals surface area contributed by atoms with Crippen molar-refractivity contribution >= 4 is 182 Å². The smallest absolute Gasteiger partial charge is 0.339 e. The molecule has 0 heterocycles. The predicted molar refractivity (Wildman–Crippen MR) is 359 cm³/mol. The Labute approximate surface area is 582 Å². The Morgan fingerprint density at radius 1 is 0.404 bits per heavy atom. The van der Waals surface area contributed by atoms with Crippen molar-refractivity contribution in [2.75, 3.05) is 18.1 Å². The lowest BCUT2D eigenvalue weighted by atomic mass is 10.1. The van der Waals surface area contributed by atoms with E-state index in [2.05, 4.69) is 51.1 Å². The molecule has 10 aromatic rings. The normalized spacial score (nSPS) is 13.2. The number of nitrogen functional groups attached to an aromatic ring is 1. The van der Waals surface area contributed by atoms with Gasteiger partial charge in [-0.3, -0.25) is 31.9 Å². The molecule has 0 radical (unpaired) electrons. The molecule has 0 saturated carbocycles. The van der Waals surface area contributed by atoms with Crippen LogP contribution in [0.3, 0.4) is 0 Å². The van der Waals surface area contributed by atoms with Gasteiger partial charge in [-0.25, -0.2) is 4.79 Å².